The molecular weight excluding hydrogens is 567 g/mol. The van der Waals surface area contributed by atoms with Crippen LogP contribution in [0.25, 0.3) is 0 Å². The van der Waals surface area contributed by atoms with E-state index in [2.05, 4.69) is 25.8 Å². The molecule has 0 saturated carbocycles. The smallest absolute Gasteiger partial charge is 0.416 e. The van der Waals surface area contributed by atoms with Crippen molar-refractivity contribution < 1.29 is 40.8 Å². The summed E-state index contributed by atoms with van der Waals surface area (Å²) in [5.74, 6) is -5.72. The fourth-order valence-corrected chi connectivity index (χ4v) is 4.35. The molecule has 10 nitrogen and oxygen atoms in total. The standard InChI is InChI=1S/C27H23F5N6O4/c1-13-4-5-18(28)9-20(13)15(3)22-23(36-25(40)16-6-17(27(30,31)32)8-19(29)7-16)35-24(38(22)11-14(2)39)26(41)33-10-21-37-34-12-42-21/h4-9,12,15H,10-11H2,1-3H3,(H,33,41)(H,36,40)/t15-/m0/s1. The molecule has 0 radical (unpaired) electrons. The molecular formula is C27H23F5N6O4. The first-order valence-corrected chi connectivity index (χ1v) is 12.3. The van der Waals surface area contributed by atoms with E-state index >= 15 is 0 Å². The monoisotopic (exact) mass is 590 g/mol. The number of anilines is 1. The van der Waals surface area contributed by atoms with Gasteiger partial charge in [0.25, 0.3) is 11.8 Å². The van der Waals surface area contributed by atoms with Crippen molar-refractivity contribution >= 4 is 23.4 Å². The Hall–Kier alpha value is -4.95. The van der Waals surface area contributed by atoms with E-state index in [-0.39, 0.29) is 35.8 Å². The van der Waals surface area contributed by atoms with Crippen LogP contribution in [0, 0.1) is 18.6 Å². The molecule has 2 aromatic carbocycles. The summed E-state index contributed by atoms with van der Waals surface area (Å²) in [6, 6.07) is 5.28. The highest BCUT2D eigenvalue weighted by Crippen LogP contribution is 2.35. The second-order valence-corrected chi connectivity index (χ2v) is 9.38. The lowest BCUT2D eigenvalue weighted by Gasteiger charge is -2.19. The Morgan fingerprint density at radius 1 is 1.05 bits per heavy atom. The van der Waals surface area contributed by atoms with E-state index in [0.717, 1.165) is 6.39 Å². The summed E-state index contributed by atoms with van der Waals surface area (Å²) in [5, 5.41) is 12.0. The lowest BCUT2D eigenvalue weighted by atomic mass is 9.93. The molecule has 0 unspecified atom stereocenters. The van der Waals surface area contributed by atoms with Crippen LogP contribution in [0.15, 0.2) is 47.2 Å². The van der Waals surface area contributed by atoms with Gasteiger partial charge in [0.05, 0.1) is 24.3 Å². The third-order valence-corrected chi connectivity index (χ3v) is 6.23. The number of hydrogen-bond acceptors (Lipinski definition) is 7. The van der Waals surface area contributed by atoms with Gasteiger partial charge in [0.1, 0.15) is 17.4 Å². The number of hydrogen-bond donors (Lipinski definition) is 2. The second-order valence-electron chi connectivity index (χ2n) is 9.38. The highest BCUT2D eigenvalue weighted by Gasteiger charge is 2.33. The summed E-state index contributed by atoms with van der Waals surface area (Å²) in [6.45, 7) is 3.92. The van der Waals surface area contributed by atoms with Gasteiger partial charge in [-0.2, -0.15) is 13.2 Å². The number of rotatable bonds is 9. The van der Waals surface area contributed by atoms with E-state index in [0.29, 0.717) is 23.3 Å². The number of amides is 2. The predicted octanol–water partition coefficient (Wildman–Crippen LogP) is 4.79. The lowest BCUT2D eigenvalue weighted by Crippen LogP contribution is -2.28. The molecule has 2 amide bonds. The van der Waals surface area contributed by atoms with E-state index in [9.17, 15) is 36.3 Å². The first-order chi connectivity index (χ1) is 19.7. The number of imidazole rings is 1. The van der Waals surface area contributed by atoms with Gasteiger partial charge in [0.2, 0.25) is 18.1 Å². The topological polar surface area (TPSA) is 132 Å². The number of aryl methyl sites for hydroxylation is 1. The molecule has 220 valence electrons. The van der Waals surface area contributed by atoms with Crippen molar-refractivity contribution in [2.45, 2.75) is 46.0 Å². The van der Waals surface area contributed by atoms with Gasteiger partial charge in [-0.15, -0.1) is 10.2 Å². The molecule has 0 spiro atoms. The van der Waals surface area contributed by atoms with Crippen molar-refractivity contribution in [3.63, 3.8) is 0 Å². The Labute approximate surface area is 235 Å². The van der Waals surface area contributed by atoms with Gasteiger partial charge in [-0.25, -0.2) is 13.8 Å². The molecule has 0 bridgehead atoms. The largest absolute Gasteiger partial charge is 0.426 e. The molecule has 2 N–H and O–H groups in total. The zero-order valence-corrected chi connectivity index (χ0v) is 22.3. The average Bonchev–Trinajstić information content (AvgIpc) is 3.55. The predicted molar refractivity (Wildman–Crippen MR) is 136 cm³/mol. The third kappa shape index (κ3) is 6.67. The Kier molecular flexibility index (Phi) is 8.49. The van der Waals surface area contributed by atoms with Gasteiger partial charge in [0, 0.05) is 11.5 Å². The van der Waals surface area contributed by atoms with E-state index in [1.54, 1.807) is 13.8 Å². The molecule has 0 aliphatic rings. The summed E-state index contributed by atoms with van der Waals surface area (Å²) in [5.41, 5.74) is -0.953. The quantitative estimate of drug-likeness (QED) is 0.268. The fourth-order valence-electron chi connectivity index (χ4n) is 4.35. The van der Waals surface area contributed by atoms with Crippen molar-refractivity contribution in [3.05, 3.63) is 94.1 Å². The van der Waals surface area contributed by atoms with Gasteiger partial charge in [-0.3, -0.25) is 14.4 Å². The van der Waals surface area contributed by atoms with Crippen molar-refractivity contribution in [1.29, 1.82) is 0 Å². The summed E-state index contributed by atoms with van der Waals surface area (Å²) >= 11 is 0. The third-order valence-electron chi connectivity index (χ3n) is 6.23. The number of Topliss-reactive ketones (excluding diaryl/α,β-unsaturated/α-hetero) is 1. The molecule has 42 heavy (non-hydrogen) atoms. The SMILES string of the molecule is CC(=O)Cn1c(C(=O)NCc2nnco2)nc(NC(=O)c2cc(F)cc(C(F)(F)F)c2)c1[C@@H](C)c1cc(F)ccc1C. The van der Waals surface area contributed by atoms with Crippen LogP contribution in [-0.2, 0) is 24.1 Å². The van der Waals surface area contributed by atoms with Crippen LogP contribution in [0.3, 0.4) is 0 Å². The molecule has 1 atom stereocenters. The van der Waals surface area contributed by atoms with Crippen LogP contribution in [0.4, 0.5) is 27.8 Å². The summed E-state index contributed by atoms with van der Waals surface area (Å²) in [7, 11) is 0. The molecule has 2 aromatic heterocycles. The number of carbonyl (C=O) groups excluding carboxylic acids is 3. The molecule has 4 aromatic rings. The molecule has 4 rings (SSSR count). The van der Waals surface area contributed by atoms with E-state index < -0.39 is 59.0 Å². The summed E-state index contributed by atoms with van der Waals surface area (Å²) in [4.78, 5) is 42.8. The second kappa shape index (κ2) is 11.9. The minimum Gasteiger partial charge on any atom is -0.426 e. The first kappa shape index (κ1) is 30.0. The van der Waals surface area contributed by atoms with Gasteiger partial charge in [0.15, 0.2) is 5.82 Å². The normalized spacial score (nSPS) is 12.2. The molecule has 0 aliphatic heterocycles. The minimum atomic E-state index is -4.93. The Balaban J connectivity index is 1.83. The van der Waals surface area contributed by atoms with Gasteiger partial charge in [-0.1, -0.05) is 13.0 Å². The zero-order chi connectivity index (χ0) is 30.8. The maximum absolute atomic E-state index is 14.2. The number of aromatic nitrogens is 4. The van der Waals surface area contributed by atoms with Crippen molar-refractivity contribution in [3.8, 4) is 0 Å². The summed E-state index contributed by atoms with van der Waals surface area (Å²) in [6.07, 6.45) is -3.89. The Morgan fingerprint density at radius 3 is 2.43 bits per heavy atom. The van der Waals surface area contributed by atoms with Crippen molar-refractivity contribution in [2.24, 2.45) is 0 Å². The molecule has 15 heteroatoms. The molecule has 2 heterocycles. The van der Waals surface area contributed by atoms with Crippen LogP contribution >= 0.6 is 0 Å². The highest BCUT2D eigenvalue weighted by molar-refractivity contribution is 6.05. The van der Waals surface area contributed by atoms with Gasteiger partial charge >= 0.3 is 6.18 Å². The van der Waals surface area contributed by atoms with Crippen molar-refractivity contribution in [1.82, 2.24) is 25.1 Å². The molecule has 0 aliphatic carbocycles. The maximum Gasteiger partial charge on any atom is 0.416 e. The van der Waals surface area contributed by atoms with E-state index in [4.69, 9.17) is 4.42 Å². The average molecular weight is 591 g/mol. The number of nitrogens with zero attached hydrogens (tertiary/aromatic N) is 4. The summed E-state index contributed by atoms with van der Waals surface area (Å²) < 4.78 is 74.3. The van der Waals surface area contributed by atoms with Crippen LogP contribution in [0.1, 0.15) is 69.0 Å². The first-order valence-electron chi connectivity index (χ1n) is 12.3. The van der Waals surface area contributed by atoms with Crippen molar-refractivity contribution in [2.75, 3.05) is 5.32 Å². The van der Waals surface area contributed by atoms with Crippen LogP contribution in [-0.4, -0.2) is 37.3 Å². The number of halogens is 5. The van der Waals surface area contributed by atoms with E-state index in [1.807, 2.05) is 0 Å². The van der Waals surface area contributed by atoms with Crippen LogP contribution in [0.5, 0.6) is 0 Å². The number of alkyl halides is 3. The molecule has 0 saturated heterocycles. The van der Waals surface area contributed by atoms with Crippen LogP contribution in [0.2, 0.25) is 0 Å². The Morgan fingerprint density at radius 2 is 1.79 bits per heavy atom. The van der Waals surface area contributed by atoms with Gasteiger partial charge in [-0.05, 0) is 55.3 Å². The minimum absolute atomic E-state index is 0.0529. The van der Waals surface area contributed by atoms with Gasteiger partial charge < -0.3 is 19.6 Å². The number of carbonyl (C=O) groups is 3. The number of benzene rings is 2. The zero-order valence-electron chi connectivity index (χ0n) is 22.3. The number of nitrogens with one attached hydrogen (secondary N) is 2. The van der Waals surface area contributed by atoms with Crippen LogP contribution < -0.4 is 10.6 Å². The van der Waals surface area contributed by atoms with E-state index in [1.165, 1.54) is 29.7 Å². The lowest BCUT2D eigenvalue weighted by molar-refractivity contribution is -0.137. The fraction of sp³-hybridized carbons (Fsp3) is 0.259. The Bertz CT molecular complexity index is 1650. The molecule has 0 fully saturated rings. The highest BCUT2D eigenvalue weighted by atomic mass is 19.4. The maximum atomic E-state index is 14.2. The number of ketones is 1.